The fourth-order valence-electron chi connectivity index (χ4n) is 1.03. The lowest BCUT2D eigenvalue weighted by atomic mass is 10.1. The van der Waals surface area contributed by atoms with Crippen LogP contribution < -0.4 is 0 Å². The maximum absolute atomic E-state index is 11.9. The lowest BCUT2D eigenvalue weighted by molar-refractivity contribution is 0.561. The molecule has 0 aliphatic rings. The lowest BCUT2D eigenvalue weighted by Gasteiger charge is -2.18. The molecule has 0 saturated heterocycles. The predicted octanol–water partition coefficient (Wildman–Crippen LogP) is 3.56. The van der Waals surface area contributed by atoms with E-state index in [1.807, 2.05) is 52.0 Å². The zero-order chi connectivity index (χ0) is 12.3. The summed E-state index contributed by atoms with van der Waals surface area (Å²) in [6, 6.07) is 8.04. The Labute approximate surface area is 114 Å². The summed E-state index contributed by atoms with van der Waals surface area (Å²) < 4.78 is 17.0. The molecule has 0 amide bonds. The van der Waals surface area contributed by atoms with Crippen LogP contribution in [0.25, 0.3) is 0 Å². The van der Waals surface area contributed by atoms with Crippen molar-refractivity contribution in [3.05, 3.63) is 33.4 Å². The highest BCUT2D eigenvalue weighted by Crippen LogP contribution is 2.18. The Morgan fingerprint density at radius 1 is 1.38 bits per heavy atom. The number of benzene rings is 1. The fraction of sp³-hybridized carbons (Fsp3) is 0.417. The van der Waals surface area contributed by atoms with E-state index in [2.05, 4.69) is 27.0 Å². The Morgan fingerprint density at radius 3 is 2.50 bits per heavy atom. The summed E-state index contributed by atoms with van der Waals surface area (Å²) in [5, 5.41) is 0. The Hall–Kier alpha value is -0.0700. The molecule has 16 heavy (non-hydrogen) atoms. The van der Waals surface area contributed by atoms with Crippen LogP contribution in [0.4, 0.5) is 0 Å². The molecule has 0 N–H and O–H groups in total. The maximum atomic E-state index is 11.9. The molecule has 0 spiro atoms. The summed E-state index contributed by atoms with van der Waals surface area (Å²) in [5.74, 6) is 0. The smallest absolute Gasteiger partial charge is 0.144 e. The van der Waals surface area contributed by atoms with Gasteiger partial charge in [0.1, 0.15) is 16.1 Å². The SMILES string of the molecule is C/C(=N\[S@@+]([O-])C(C)(C)C)c1cccc(I)c1. The first kappa shape index (κ1) is 14.0. The fourth-order valence-corrected chi connectivity index (χ4v) is 2.20. The molecule has 0 heterocycles. The molecule has 1 atom stereocenters. The predicted molar refractivity (Wildman–Crippen MR) is 79.3 cm³/mol. The van der Waals surface area contributed by atoms with Crippen molar-refractivity contribution in [3.63, 3.8) is 0 Å². The highest BCUT2D eigenvalue weighted by atomic mass is 127. The van der Waals surface area contributed by atoms with E-state index >= 15 is 0 Å². The van der Waals surface area contributed by atoms with Gasteiger partial charge < -0.3 is 4.55 Å². The van der Waals surface area contributed by atoms with E-state index < -0.39 is 11.4 Å². The van der Waals surface area contributed by atoms with E-state index in [9.17, 15) is 4.55 Å². The summed E-state index contributed by atoms with van der Waals surface area (Å²) in [6.07, 6.45) is 0. The molecule has 0 saturated carbocycles. The zero-order valence-electron chi connectivity index (χ0n) is 9.95. The largest absolute Gasteiger partial charge is 0.591 e. The maximum Gasteiger partial charge on any atom is 0.144 e. The van der Waals surface area contributed by atoms with Crippen molar-refractivity contribution < 1.29 is 4.55 Å². The van der Waals surface area contributed by atoms with Crippen molar-refractivity contribution in [3.8, 4) is 0 Å². The van der Waals surface area contributed by atoms with Gasteiger partial charge in [-0.25, -0.2) is 0 Å². The Morgan fingerprint density at radius 2 is 2.00 bits per heavy atom. The lowest BCUT2D eigenvalue weighted by Crippen LogP contribution is -2.26. The number of hydrogen-bond donors (Lipinski definition) is 0. The van der Waals surface area contributed by atoms with Gasteiger partial charge in [0.05, 0.1) is 5.71 Å². The van der Waals surface area contributed by atoms with Crippen molar-refractivity contribution in [2.24, 2.45) is 4.40 Å². The first-order valence-electron chi connectivity index (χ1n) is 5.04. The average Bonchev–Trinajstić information content (AvgIpc) is 2.16. The molecule has 0 aliphatic carbocycles. The number of rotatable bonds is 2. The minimum atomic E-state index is -1.19. The summed E-state index contributed by atoms with van der Waals surface area (Å²) in [5.41, 5.74) is 1.86. The minimum absolute atomic E-state index is 0.302. The molecule has 0 aromatic heterocycles. The molecular weight excluding hydrogens is 333 g/mol. The molecule has 0 radical (unpaired) electrons. The van der Waals surface area contributed by atoms with E-state index in [0.29, 0.717) is 0 Å². The van der Waals surface area contributed by atoms with Crippen LogP contribution >= 0.6 is 22.6 Å². The molecule has 1 rings (SSSR count). The van der Waals surface area contributed by atoms with Crippen LogP contribution in [0.15, 0.2) is 28.7 Å². The number of hydrogen-bond acceptors (Lipinski definition) is 2. The zero-order valence-corrected chi connectivity index (χ0v) is 12.9. The van der Waals surface area contributed by atoms with Gasteiger partial charge in [-0.15, -0.1) is 0 Å². The molecule has 2 nitrogen and oxygen atoms in total. The Bertz CT molecular complexity index is 398. The van der Waals surface area contributed by atoms with Crippen molar-refractivity contribution in [1.82, 2.24) is 0 Å². The minimum Gasteiger partial charge on any atom is -0.591 e. The average molecular weight is 349 g/mol. The van der Waals surface area contributed by atoms with Crippen LogP contribution in [0.1, 0.15) is 33.3 Å². The molecule has 0 aliphatic heterocycles. The third-order valence-corrected chi connectivity index (χ3v) is 4.14. The normalized spacial score (nSPS) is 15.0. The quantitative estimate of drug-likeness (QED) is 0.457. The van der Waals surface area contributed by atoms with E-state index in [1.165, 1.54) is 0 Å². The van der Waals surface area contributed by atoms with Gasteiger partial charge >= 0.3 is 0 Å². The molecule has 0 fully saturated rings. The second kappa shape index (κ2) is 5.51. The standard InChI is InChI=1S/C12H16INOS/c1-9(14-16(15)12(2,3)4)10-6-5-7-11(13)8-10/h5-8H,1-4H3/b14-9+/t16-/m0/s1. The van der Waals surface area contributed by atoms with Crippen molar-refractivity contribution in [2.45, 2.75) is 32.4 Å². The van der Waals surface area contributed by atoms with Crippen LogP contribution in [0.2, 0.25) is 0 Å². The topological polar surface area (TPSA) is 35.4 Å². The van der Waals surface area contributed by atoms with Crippen molar-refractivity contribution in [2.75, 3.05) is 0 Å². The molecule has 0 bridgehead atoms. The van der Waals surface area contributed by atoms with Crippen LogP contribution in [-0.4, -0.2) is 15.0 Å². The highest BCUT2D eigenvalue weighted by Gasteiger charge is 2.26. The van der Waals surface area contributed by atoms with Gasteiger partial charge in [-0.3, -0.25) is 0 Å². The second-order valence-corrected chi connectivity index (χ2v) is 7.70. The van der Waals surface area contributed by atoms with Gasteiger partial charge in [0.15, 0.2) is 0 Å². The van der Waals surface area contributed by atoms with Gasteiger partial charge in [0, 0.05) is 9.13 Å². The van der Waals surface area contributed by atoms with Crippen LogP contribution in [-0.2, 0) is 11.4 Å². The third-order valence-electron chi connectivity index (χ3n) is 1.99. The molecule has 1 aromatic rings. The first-order valence-corrected chi connectivity index (χ1v) is 7.22. The van der Waals surface area contributed by atoms with Crippen LogP contribution in [0.3, 0.4) is 0 Å². The van der Waals surface area contributed by atoms with E-state index in [-0.39, 0.29) is 4.75 Å². The van der Waals surface area contributed by atoms with Gasteiger partial charge in [0.25, 0.3) is 0 Å². The van der Waals surface area contributed by atoms with Gasteiger partial charge in [-0.1, -0.05) is 16.5 Å². The summed E-state index contributed by atoms with van der Waals surface area (Å²) in [7, 11) is 0. The van der Waals surface area contributed by atoms with Gasteiger partial charge in [-0.2, -0.15) is 0 Å². The van der Waals surface area contributed by atoms with Crippen molar-refractivity contribution >= 4 is 39.7 Å². The molecule has 1 aromatic carbocycles. The highest BCUT2D eigenvalue weighted by molar-refractivity contribution is 14.1. The van der Waals surface area contributed by atoms with E-state index in [1.54, 1.807) is 0 Å². The number of halogens is 1. The Balaban J connectivity index is 2.94. The molecule has 88 valence electrons. The molecule has 0 unspecified atom stereocenters. The Kier molecular flexibility index (Phi) is 4.82. The van der Waals surface area contributed by atoms with Gasteiger partial charge in [-0.05, 0) is 62.4 Å². The van der Waals surface area contributed by atoms with Crippen LogP contribution in [0, 0.1) is 3.57 Å². The van der Waals surface area contributed by atoms with Crippen molar-refractivity contribution in [1.29, 1.82) is 0 Å². The monoisotopic (exact) mass is 349 g/mol. The second-order valence-electron chi connectivity index (χ2n) is 4.55. The third kappa shape index (κ3) is 4.07. The molecular formula is C12H16INOS. The number of nitrogens with zero attached hydrogens (tertiary/aromatic N) is 1. The summed E-state index contributed by atoms with van der Waals surface area (Å²) >= 11 is 1.07. The summed E-state index contributed by atoms with van der Waals surface area (Å²) in [4.78, 5) is 0. The van der Waals surface area contributed by atoms with Crippen LogP contribution in [0.5, 0.6) is 0 Å². The summed E-state index contributed by atoms with van der Waals surface area (Å²) in [6.45, 7) is 7.67. The van der Waals surface area contributed by atoms with E-state index in [0.717, 1.165) is 14.8 Å². The first-order chi connectivity index (χ1) is 7.30. The van der Waals surface area contributed by atoms with Gasteiger partial charge in [0.2, 0.25) is 0 Å². The van der Waals surface area contributed by atoms with E-state index in [4.69, 9.17) is 0 Å². The molecule has 4 heteroatoms.